The van der Waals surface area contributed by atoms with Gasteiger partial charge >= 0.3 is 0 Å². The number of nitrogens with one attached hydrogen (secondary N) is 1. The summed E-state index contributed by atoms with van der Waals surface area (Å²) in [6.07, 6.45) is 1.52. The van der Waals surface area contributed by atoms with Gasteiger partial charge in [-0.25, -0.2) is 0 Å². The summed E-state index contributed by atoms with van der Waals surface area (Å²) < 4.78 is 0. The fourth-order valence-corrected chi connectivity index (χ4v) is 4.89. The summed E-state index contributed by atoms with van der Waals surface area (Å²) in [5, 5.41) is 15.2. The van der Waals surface area contributed by atoms with Crippen molar-refractivity contribution in [2.24, 2.45) is 22.9 Å². The Morgan fingerprint density at radius 3 is 1.74 bits per heavy atom. The molecule has 180 valence electrons. The molecule has 5 rings (SSSR count). The van der Waals surface area contributed by atoms with Crippen molar-refractivity contribution in [1.82, 2.24) is 15.0 Å². The number of nitrogens with zero attached hydrogens (tertiary/aromatic N) is 5. The quantitative estimate of drug-likeness (QED) is 0.290. The first-order valence-corrected chi connectivity index (χ1v) is 11.6. The van der Waals surface area contributed by atoms with Gasteiger partial charge in [0.05, 0.1) is 0 Å². The van der Waals surface area contributed by atoms with E-state index in [2.05, 4.69) is 5.32 Å². The summed E-state index contributed by atoms with van der Waals surface area (Å²) in [5.41, 5.74) is 25.7. The maximum Gasteiger partial charge on any atom is 0.233 e. The van der Waals surface area contributed by atoms with Gasteiger partial charge in [-0.15, -0.1) is 0 Å². The average molecular weight is 465 g/mol. The van der Waals surface area contributed by atoms with E-state index >= 15 is 0 Å². The third kappa shape index (κ3) is 4.68. The predicted octanol–water partition coefficient (Wildman–Crippen LogP) is 0.203. The van der Waals surface area contributed by atoms with Gasteiger partial charge in [0.15, 0.2) is 0 Å². The molecule has 34 heavy (non-hydrogen) atoms. The Balaban J connectivity index is 1.54. The number of phenols is 1. The normalized spacial score (nSPS) is 25.5. The zero-order valence-electron chi connectivity index (χ0n) is 19.0. The lowest BCUT2D eigenvalue weighted by Crippen LogP contribution is -2.54. The van der Waals surface area contributed by atoms with E-state index in [1.165, 1.54) is 0 Å². The Hall–Kier alpha value is -3.25. The molecular formula is C23H32N10O. The highest BCUT2D eigenvalue weighted by Crippen LogP contribution is 2.32. The van der Waals surface area contributed by atoms with Crippen LogP contribution >= 0.6 is 0 Å². The van der Waals surface area contributed by atoms with Gasteiger partial charge in [0.25, 0.3) is 0 Å². The van der Waals surface area contributed by atoms with Crippen LogP contribution in [0.1, 0.15) is 12.8 Å². The smallest absolute Gasteiger partial charge is 0.233 e. The minimum Gasteiger partial charge on any atom is -0.507 e. The number of hydrogen-bond donors (Lipinski definition) is 6. The van der Waals surface area contributed by atoms with Crippen molar-refractivity contribution in [3.63, 3.8) is 0 Å². The number of phenolic OH excluding ortho intramolecular Hbond substituents is 1. The van der Waals surface area contributed by atoms with Crippen LogP contribution in [0.3, 0.4) is 0 Å². The number of benzene rings is 2. The van der Waals surface area contributed by atoms with Crippen LogP contribution in [0.4, 0.5) is 23.5 Å². The Kier molecular flexibility index (Phi) is 6.09. The van der Waals surface area contributed by atoms with Crippen molar-refractivity contribution in [3.05, 3.63) is 36.4 Å². The second kappa shape index (κ2) is 9.18. The lowest BCUT2D eigenvalue weighted by Gasteiger charge is -2.37. The van der Waals surface area contributed by atoms with Crippen LogP contribution in [-0.2, 0) is 0 Å². The van der Waals surface area contributed by atoms with Gasteiger partial charge in [0.1, 0.15) is 5.75 Å². The molecule has 3 heterocycles. The van der Waals surface area contributed by atoms with E-state index in [1.807, 2.05) is 34.1 Å². The van der Waals surface area contributed by atoms with Crippen LogP contribution in [-0.4, -0.2) is 70.4 Å². The number of nitrogens with two attached hydrogens (primary N) is 4. The van der Waals surface area contributed by atoms with E-state index in [4.69, 9.17) is 37.9 Å². The average Bonchev–Trinajstić information content (AvgIpc) is 2.80. The van der Waals surface area contributed by atoms with Crippen molar-refractivity contribution in [2.75, 3.05) is 41.3 Å². The molecule has 3 aromatic rings. The zero-order chi connectivity index (χ0) is 23.8. The van der Waals surface area contributed by atoms with Gasteiger partial charge in [0.2, 0.25) is 17.8 Å². The first-order valence-electron chi connectivity index (χ1n) is 11.6. The summed E-state index contributed by atoms with van der Waals surface area (Å²) in [7, 11) is 0. The van der Waals surface area contributed by atoms with Crippen LogP contribution in [0.2, 0.25) is 0 Å². The summed E-state index contributed by atoms with van der Waals surface area (Å²) in [6, 6.07) is 10.8. The standard InChI is InChI=1S/C23H32N10O/c24-13-7-14(25)10-32(9-13)22-29-21(30-23(31-22)33-11-15(26)8-16(27)12-33)28-19-5-6-20(34)18-4-2-1-3-17(18)19/h1-6,13-16,34H,7-12,24-27H2,(H,28,29,30,31). The highest BCUT2D eigenvalue weighted by Gasteiger charge is 2.28. The Morgan fingerprint density at radius 1 is 0.706 bits per heavy atom. The first-order chi connectivity index (χ1) is 16.4. The number of hydrogen-bond acceptors (Lipinski definition) is 11. The second-order valence-corrected chi connectivity index (χ2v) is 9.38. The van der Waals surface area contributed by atoms with E-state index in [1.54, 1.807) is 12.1 Å². The molecule has 2 fully saturated rings. The van der Waals surface area contributed by atoms with Crippen molar-refractivity contribution in [1.29, 1.82) is 0 Å². The molecule has 2 aromatic carbocycles. The van der Waals surface area contributed by atoms with Crippen molar-refractivity contribution in [3.8, 4) is 5.75 Å². The van der Waals surface area contributed by atoms with Crippen molar-refractivity contribution < 1.29 is 5.11 Å². The monoisotopic (exact) mass is 464 g/mol. The zero-order valence-corrected chi connectivity index (χ0v) is 19.0. The first kappa shape index (κ1) is 22.5. The molecule has 2 aliphatic heterocycles. The molecule has 0 bridgehead atoms. The number of anilines is 4. The van der Waals surface area contributed by atoms with Crippen LogP contribution in [0.15, 0.2) is 36.4 Å². The van der Waals surface area contributed by atoms with Crippen LogP contribution in [0, 0.1) is 0 Å². The second-order valence-electron chi connectivity index (χ2n) is 9.38. The molecule has 11 nitrogen and oxygen atoms in total. The summed E-state index contributed by atoms with van der Waals surface area (Å²) in [6.45, 7) is 2.44. The predicted molar refractivity (Wildman–Crippen MR) is 134 cm³/mol. The highest BCUT2D eigenvalue weighted by atomic mass is 16.3. The van der Waals surface area contributed by atoms with Crippen LogP contribution in [0.5, 0.6) is 5.75 Å². The van der Waals surface area contributed by atoms with E-state index in [0.29, 0.717) is 44.0 Å². The topological polar surface area (TPSA) is 181 Å². The van der Waals surface area contributed by atoms with E-state index in [9.17, 15) is 5.11 Å². The number of aromatic nitrogens is 3. The minimum absolute atomic E-state index is 0.0572. The molecule has 0 radical (unpaired) electrons. The van der Waals surface area contributed by atoms with Gasteiger partial charge in [0, 0.05) is 66.8 Å². The van der Waals surface area contributed by atoms with Gasteiger partial charge in [-0.2, -0.15) is 15.0 Å². The highest BCUT2D eigenvalue weighted by molar-refractivity contribution is 5.98. The maximum absolute atomic E-state index is 10.3. The molecule has 10 N–H and O–H groups in total. The van der Waals surface area contributed by atoms with Crippen molar-refractivity contribution >= 4 is 34.3 Å². The molecule has 11 heteroatoms. The molecule has 0 amide bonds. The lowest BCUT2D eigenvalue weighted by atomic mass is 10.0. The molecule has 2 saturated heterocycles. The molecule has 0 aliphatic carbocycles. The Labute approximate surface area is 198 Å². The van der Waals surface area contributed by atoms with E-state index < -0.39 is 0 Å². The maximum atomic E-state index is 10.3. The number of aromatic hydroxyl groups is 1. The number of piperidine rings is 2. The molecule has 0 saturated carbocycles. The van der Waals surface area contributed by atoms with Gasteiger partial charge < -0.3 is 43.2 Å². The molecule has 4 atom stereocenters. The SMILES string of the molecule is NC1CC(N)CN(c2nc(Nc3ccc(O)c4ccccc34)nc(N3CC(N)CC(N)C3)n2)C1. The Morgan fingerprint density at radius 2 is 1.21 bits per heavy atom. The van der Waals surface area contributed by atoms with E-state index in [0.717, 1.165) is 29.3 Å². The van der Waals surface area contributed by atoms with Crippen LogP contribution < -0.4 is 38.1 Å². The fraction of sp³-hybridized carbons (Fsp3) is 0.435. The third-order valence-corrected chi connectivity index (χ3v) is 6.36. The molecule has 0 spiro atoms. The molecule has 1 aromatic heterocycles. The molecule has 4 unspecified atom stereocenters. The summed E-state index contributed by atoms with van der Waals surface area (Å²) in [4.78, 5) is 18.2. The van der Waals surface area contributed by atoms with Gasteiger partial charge in [-0.1, -0.05) is 24.3 Å². The minimum atomic E-state index is -0.0572. The van der Waals surface area contributed by atoms with Gasteiger partial charge in [-0.05, 0) is 25.0 Å². The molecular weight excluding hydrogens is 432 g/mol. The number of fused-ring (bicyclic) bond motifs is 1. The lowest BCUT2D eigenvalue weighted by molar-refractivity contribution is 0.441. The fourth-order valence-electron chi connectivity index (χ4n) is 4.89. The summed E-state index contributed by atoms with van der Waals surface area (Å²) >= 11 is 0. The Bertz CT molecular complexity index is 1110. The van der Waals surface area contributed by atoms with Gasteiger partial charge in [-0.3, -0.25) is 0 Å². The molecule has 2 aliphatic rings. The largest absolute Gasteiger partial charge is 0.507 e. The van der Waals surface area contributed by atoms with E-state index in [-0.39, 0.29) is 29.9 Å². The third-order valence-electron chi connectivity index (χ3n) is 6.36. The van der Waals surface area contributed by atoms with Crippen LogP contribution in [0.25, 0.3) is 10.8 Å². The number of rotatable bonds is 4. The summed E-state index contributed by atoms with van der Waals surface area (Å²) in [5.74, 6) is 1.62. The van der Waals surface area contributed by atoms with Crippen molar-refractivity contribution in [2.45, 2.75) is 37.0 Å².